The summed E-state index contributed by atoms with van der Waals surface area (Å²) in [5, 5.41) is 11.8. The molecule has 2 N–H and O–H groups in total. The lowest BCUT2D eigenvalue weighted by Crippen LogP contribution is -2.15. The number of thioether (sulfide) groups is 1. The van der Waals surface area contributed by atoms with Crippen molar-refractivity contribution in [2.24, 2.45) is 5.92 Å². The highest BCUT2D eigenvalue weighted by molar-refractivity contribution is 7.99. The van der Waals surface area contributed by atoms with Crippen molar-refractivity contribution >= 4 is 23.4 Å². The molecule has 19 heavy (non-hydrogen) atoms. The van der Waals surface area contributed by atoms with Crippen molar-refractivity contribution in [1.29, 1.82) is 0 Å². The smallest absolute Gasteiger partial charge is 0.234 e. The first-order chi connectivity index (χ1) is 9.02. The van der Waals surface area contributed by atoms with Crippen molar-refractivity contribution in [3.63, 3.8) is 0 Å². The molecule has 0 spiro atoms. The minimum absolute atomic E-state index is 0.0102. The molecular weight excluding hydrogens is 258 g/mol. The number of rotatable bonds is 7. The summed E-state index contributed by atoms with van der Waals surface area (Å²) in [6.07, 6.45) is 0. The summed E-state index contributed by atoms with van der Waals surface area (Å²) in [4.78, 5) is 11.8. The van der Waals surface area contributed by atoms with Gasteiger partial charge in [-0.05, 0) is 35.3 Å². The van der Waals surface area contributed by atoms with Gasteiger partial charge in [0.25, 0.3) is 0 Å². The maximum absolute atomic E-state index is 11.8. The Hall–Kier alpha value is -1.00. The SMILES string of the molecule is CC(CO)CSCC(=O)Nc1cccc(C(C)C)c1. The number of aliphatic hydroxyl groups excluding tert-OH is 1. The van der Waals surface area contributed by atoms with Crippen LogP contribution in [-0.4, -0.2) is 29.1 Å². The Morgan fingerprint density at radius 3 is 2.74 bits per heavy atom. The third-order valence-corrected chi connectivity index (χ3v) is 4.06. The van der Waals surface area contributed by atoms with Crippen molar-refractivity contribution in [2.75, 3.05) is 23.4 Å². The molecule has 1 unspecified atom stereocenters. The van der Waals surface area contributed by atoms with Gasteiger partial charge in [-0.15, -0.1) is 0 Å². The van der Waals surface area contributed by atoms with Crippen LogP contribution in [0.15, 0.2) is 24.3 Å². The maximum Gasteiger partial charge on any atom is 0.234 e. The van der Waals surface area contributed by atoms with E-state index in [0.717, 1.165) is 11.4 Å². The highest BCUT2D eigenvalue weighted by atomic mass is 32.2. The predicted octanol–water partition coefficient (Wildman–Crippen LogP) is 3.11. The third kappa shape index (κ3) is 6.12. The molecule has 1 rings (SSSR count). The van der Waals surface area contributed by atoms with E-state index in [4.69, 9.17) is 5.11 Å². The molecule has 106 valence electrons. The second-order valence-corrected chi connectivity index (χ2v) is 6.16. The lowest BCUT2D eigenvalue weighted by molar-refractivity contribution is -0.113. The van der Waals surface area contributed by atoms with E-state index in [1.165, 1.54) is 5.56 Å². The van der Waals surface area contributed by atoms with E-state index < -0.39 is 0 Å². The fourth-order valence-electron chi connectivity index (χ4n) is 1.58. The Morgan fingerprint density at radius 1 is 1.37 bits per heavy atom. The zero-order chi connectivity index (χ0) is 14.3. The highest BCUT2D eigenvalue weighted by Crippen LogP contribution is 2.18. The van der Waals surface area contributed by atoms with Crippen LogP contribution < -0.4 is 5.32 Å². The molecule has 0 aromatic heterocycles. The van der Waals surface area contributed by atoms with E-state index in [9.17, 15) is 4.79 Å². The van der Waals surface area contributed by atoms with Crippen molar-refractivity contribution in [3.05, 3.63) is 29.8 Å². The Kier molecular flexibility index (Phi) is 6.95. The zero-order valence-corrected chi connectivity index (χ0v) is 12.7. The molecule has 4 heteroatoms. The van der Waals surface area contributed by atoms with Crippen LogP contribution in [0.1, 0.15) is 32.3 Å². The van der Waals surface area contributed by atoms with Crippen LogP contribution in [0.3, 0.4) is 0 Å². The number of amides is 1. The molecule has 1 atom stereocenters. The van der Waals surface area contributed by atoms with E-state index in [1.807, 2.05) is 25.1 Å². The molecular formula is C15H23NO2S. The van der Waals surface area contributed by atoms with Gasteiger partial charge in [-0.1, -0.05) is 32.9 Å². The lowest BCUT2D eigenvalue weighted by atomic mass is 10.0. The van der Waals surface area contributed by atoms with Gasteiger partial charge in [0.05, 0.1) is 5.75 Å². The van der Waals surface area contributed by atoms with Crippen LogP contribution in [0.5, 0.6) is 0 Å². The van der Waals surface area contributed by atoms with Gasteiger partial charge < -0.3 is 10.4 Å². The average Bonchev–Trinajstić information content (AvgIpc) is 2.38. The molecule has 0 aliphatic carbocycles. The molecule has 0 aliphatic rings. The van der Waals surface area contributed by atoms with Gasteiger partial charge in [0.2, 0.25) is 5.91 Å². The highest BCUT2D eigenvalue weighted by Gasteiger charge is 2.06. The van der Waals surface area contributed by atoms with Crippen LogP contribution in [0.25, 0.3) is 0 Å². The first kappa shape index (κ1) is 16.1. The summed E-state index contributed by atoms with van der Waals surface area (Å²) >= 11 is 1.55. The summed E-state index contributed by atoms with van der Waals surface area (Å²) in [6.45, 7) is 6.40. The quantitative estimate of drug-likeness (QED) is 0.807. The van der Waals surface area contributed by atoms with Crippen LogP contribution in [0.4, 0.5) is 5.69 Å². The van der Waals surface area contributed by atoms with Gasteiger partial charge in [0, 0.05) is 12.3 Å². The summed E-state index contributed by atoms with van der Waals surface area (Å²) in [6, 6.07) is 7.96. The predicted molar refractivity (Wildman–Crippen MR) is 82.7 cm³/mol. The molecule has 3 nitrogen and oxygen atoms in total. The number of nitrogens with one attached hydrogen (secondary N) is 1. The van der Waals surface area contributed by atoms with Gasteiger partial charge in [-0.25, -0.2) is 0 Å². The van der Waals surface area contributed by atoms with Crippen molar-refractivity contribution in [3.8, 4) is 0 Å². The van der Waals surface area contributed by atoms with Gasteiger partial charge >= 0.3 is 0 Å². The molecule has 0 saturated heterocycles. The van der Waals surface area contributed by atoms with E-state index >= 15 is 0 Å². The fourth-order valence-corrected chi connectivity index (χ4v) is 2.46. The monoisotopic (exact) mass is 281 g/mol. The summed E-state index contributed by atoms with van der Waals surface area (Å²) in [5.41, 5.74) is 2.08. The largest absolute Gasteiger partial charge is 0.396 e. The number of carbonyl (C=O) groups is 1. The fraction of sp³-hybridized carbons (Fsp3) is 0.533. The molecule has 0 saturated carbocycles. The number of hydrogen-bond donors (Lipinski definition) is 2. The van der Waals surface area contributed by atoms with E-state index in [1.54, 1.807) is 11.8 Å². The second-order valence-electron chi connectivity index (χ2n) is 5.13. The molecule has 0 aliphatic heterocycles. The van der Waals surface area contributed by atoms with Crippen molar-refractivity contribution < 1.29 is 9.90 Å². The van der Waals surface area contributed by atoms with Gasteiger partial charge in [0.1, 0.15) is 0 Å². The molecule has 0 heterocycles. The summed E-state index contributed by atoms with van der Waals surface area (Å²) < 4.78 is 0. The Balaban J connectivity index is 2.42. The Morgan fingerprint density at radius 2 is 2.11 bits per heavy atom. The van der Waals surface area contributed by atoms with Gasteiger partial charge in [-0.2, -0.15) is 11.8 Å². The normalized spacial score (nSPS) is 12.5. The number of benzene rings is 1. The molecule has 1 aromatic carbocycles. The van der Waals surface area contributed by atoms with Crippen LogP contribution in [0.2, 0.25) is 0 Å². The number of aliphatic hydroxyl groups is 1. The third-order valence-electron chi connectivity index (χ3n) is 2.78. The summed E-state index contributed by atoms with van der Waals surface area (Å²) in [7, 11) is 0. The minimum atomic E-state index is 0.0102. The Labute approximate surface area is 119 Å². The first-order valence-electron chi connectivity index (χ1n) is 6.61. The minimum Gasteiger partial charge on any atom is -0.396 e. The lowest BCUT2D eigenvalue weighted by Gasteiger charge is -2.10. The standard InChI is InChI=1S/C15H23NO2S/c1-11(2)13-5-4-6-14(7-13)16-15(18)10-19-9-12(3)8-17/h4-7,11-12,17H,8-10H2,1-3H3,(H,16,18). The van der Waals surface area contributed by atoms with Gasteiger partial charge in [0.15, 0.2) is 0 Å². The number of carbonyl (C=O) groups excluding carboxylic acids is 1. The van der Waals surface area contributed by atoms with Gasteiger partial charge in [-0.3, -0.25) is 4.79 Å². The topological polar surface area (TPSA) is 49.3 Å². The maximum atomic E-state index is 11.8. The number of anilines is 1. The molecule has 0 fully saturated rings. The first-order valence-corrected chi connectivity index (χ1v) is 7.76. The van der Waals surface area contributed by atoms with E-state index in [-0.39, 0.29) is 18.4 Å². The molecule has 1 aromatic rings. The van der Waals surface area contributed by atoms with Crippen LogP contribution in [0, 0.1) is 5.92 Å². The summed E-state index contributed by atoms with van der Waals surface area (Å²) in [5.74, 6) is 1.93. The van der Waals surface area contributed by atoms with Crippen LogP contribution >= 0.6 is 11.8 Å². The van der Waals surface area contributed by atoms with E-state index in [2.05, 4.69) is 25.2 Å². The van der Waals surface area contributed by atoms with Crippen molar-refractivity contribution in [2.45, 2.75) is 26.7 Å². The van der Waals surface area contributed by atoms with E-state index in [0.29, 0.717) is 11.7 Å². The molecule has 0 radical (unpaired) electrons. The molecule has 1 amide bonds. The average molecular weight is 281 g/mol. The van der Waals surface area contributed by atoms with Crippen molar-refractivity contribution in [1.82, 2.24) is 0 Å². The number of hydrogen-bond acceptors (Lipinski definition) is 3. The zero-order valence-electron chi connectivity index (χ0n) is 11.8. The Bertz CT molecular complexity index is 407. The van der Waals surface area contributed by atoms with Crippen LogP contribution in [-0.2, 0) is 4.79 Å². The molecule has 0 bridgehead atoms. The second kappa shape index (κ2) is 8.23.